The van der Waals surface area contributed by atoms with Gasteiger partial charge in [-0.25, -0.2) is 18.4 Å². The monoisotopic (exact) mass is 306 g/mol. The molecule has 0 aliphatic heterocycles. The number of sulfonamides is 1. The predicted octanol–water partition coefficient (Wildman–Crippen LogP) is 1.70. The Morgan fingerprint density at radius 1 is 1.19 bits per heavy atom. The van der Waals surface area contributed by atoms with Gasteiger partial charge in [0.1, 0.15) is 6.33 Å². The molecule has 0 aliphatic rings. The highest BCUT2D eigenvalue weighted by molar-refractivity contribution is 7.92. The van der Waals surface area contributed by atoms with Gasteiger partial charge in [-0.2, -0.15) is 0 Å². The van der Waals surface area contributed by atoms with E-state index in [1.165, 1.54) is 18.7 Å². The lowest BCUT2D eigenvalue weighted by atomic mass is 10.1. The lowest BCUT2D eigenvalue weighted by Gasteiger charge is -2.11. The van der Waals surface area contributed by atoms with Crippen LogP contribution in [0.3, 0.4) is 0 Å². The molecule has 0 amide bonds. The maximum Gasteiger partial charge on any atom is 0.262 e. The van der Waals surface area contributed by atoms with Crippen molar-refractivity contribution in [3.63, 3.8) is 0 Å². The van der Waals surface area contributed by atoms with E-state index in [-0.39, 0.29) is 4.90 Å². The fraction of sp³-hybridized carbons (Fsp3) is 0.286. The topological polar surface area (TPSA) is 84.0 Å². The summed E-state index contributed by atoms with van der Waals surface area (Å²) in [7, 11) is -3.64. The number of anilines is 1. The highest BCUT2D eigenvalue weighted by atomic mass is 32.2. The molecule has 0 bridgehead atoms. The molecule has 0 spiro atoms. The summed E-state index contributed by atoms with van der Waals surface area (Å²) in [6.45, 7) is 5.44. The Morgan fingerprint density at radius 3 is 2.57 bits per heavy atom. The van der Waals surface area contributed by atoms with E-state index in [4.69, 9.17) is 0 Å². The third kappa shape index (κ3) is 3.99. The van der Waals surface area contributed by atoms with Gasteiger partial charge >= 0.3 is 0 Å². The SMILES string of the molecule is CCNCc1cc(S(=O)(=O)Nc2cncnc2)ccc1C. The molecule has 1 aromatic carbocycles. The first-order valence-electron chi connectivity index (χ1n) is 6.61. The summed E-state index contributed by atoms with van der Waals surface area (Å²) in [4.78, 5) is 7.80. The third-order valence-corrected chi connectivity index (χ3v) is 4.39. The van der Waals surface area contributed by atoms with Crippen LogP contribution in [-0.2, 0) is 16.6 Å². The normalized spacial score (nSPS) is 11.3. The van der Waals surface area contributed by atoms with Crippen molar-refractivity contribution in [2.24, 2.45) is 0 Å². The quantitative estimate of drug-likeness (QED) is 0.848. The number of hydrogen-bond acceptors (Lipinski definition) is 5. The molecule has 2 rings (SSSR count). The van der Waals surface area contributed by atoms with Gasteiger partial charge in [0.15, 0.2) is 0 Å². The maximum atomic E-state index is 12.4. The van der Waals surface area contributed by atoms with E-state index in [1.807, 2.05) is 19.9 Å². The average molecular weight is 306 g/mol. The van der Waals surface area contributed by atoms with Gasteiger partial charge in [-0.1, -0.05) is 13.0 Å². The Balaban J connectivity index is 2.27. The van der Waals surface area contributed by atoms with Crippen LogP contribution in [-0.4, -0.2) is 24.9 Å². The summed E-state index contributed by atoms with van der Waals surface area (Å²) in [6.07, 6.45) is 4.18. The molecule has 2 aromatic rings. The van der Waals surface area contributed by atoms with Crippen molar-refractivity contribution >= 4 is 15.7 Å². The molecule has 0 radical (unpaired) electrons. The van der Waals surface area contributed by atoms with Crippen LogP contribution in [0.15, 0.2) is 41.8 Å². The van der Waals surface area contributed by atoms with Gasteiger partial charge in [-0.05, 0) is 36.7 Å². The number of aryl methyl sites for hydroxylation is 1. The molecule has 0 atom stereocenters. The fourth-order valence-corrected chi connectivity index (χ4v) is 2.91. The van der Waals surface area contributed by atoms with Crippen molar-refractivity contribution < 1.29 is 8.42 Å². The van der Waals surface area contributed by atoms with Gasteiger partial charge < -0.3 is 5.32 Å². The lowest BCUT2D eigenvalue weighted by Crippen LogP contribution is -2.16. The molecular formula is C14H18N4O2S. The predicted molar refractivity (Wildman–Crippen MR) is 81.4 cm³/mol. The first-order valence-corrected chi connectivity index (χ1v) is 8.09. The standard InChI is InChI=1S/C14H18N4O2S/c1-3-15-7-12-6-14(5-4-11(12)2)21(19,20)18-13-8-16-10-17-9-13/h4-6,8-10,15,18H,3,7H2,1-2H3. The molecule has 2 N–H and O–H groups in total. The van der Waals surface area contributed by atoms with E-state index < -0.39 is 10.0 Å². The molecule has 0 unspecified atom stereocenters. The Hall–Kier alpha value is -1.99. The first-order chi connectivity index (χ1) is 10.0. The van der Waals surface area contributed by atoms with Crippen molar-refractivity contribution in [3.8, 4) is 0 Å². The first kappa shape index (κ1) is 15.4. The summed E-state index contributed by atoms with van der Waals surface area (Å²) in [6, 6.07) is 5.09. The van der Waals surface area contributed by atoms with Gasteiger partial charge in [0, 0.05) is 6.54 Å². The van der Waals surface area contributed by atoms with Gasteiger partial charge in [0.05, 0.1) is 23.0 Å². The van der Waals surface area contributed by atoms with Gasteiger partial charge in [-0.15, -0.1) is 0 Å². The fourth-order valence-electron chi connectivity index (χ4n) is 1.83. The van der Waals surface area contributed by atoms with Crippen LogP contribution in [0.5, 0.6) is 0 Å². The molecular weight excluding hydrogens is 288 g/mol. The van der Waals surface area contributed by atoms with Crippen molar-refractivity contribution in [2.75, 3.05) is 11.3 Å². The molecule has 1 aromatic heterocycles. The molecule has 0 saturated carbocycles. The van der Waals surface area contributed by atoms with Gasteiger partial charge in [-0.3, -0.25) is 4.72 Å². The van der Waals surface area contributed by atoms with Gasteiger partial charge in [0.2, 0.25) is 0 Å². The minimum atomic E-state index is -3.64. The van der Waals surface area contributed by atoms with E-state index in [2.05, 4.69) is 20.0 Å². The Kier molecular flexibility index (Phi) is 4.87. The number of nitrogens with one attached hydrogen (secondary N) is 2. The van der Waals surface area contributed by atoms with Crippen LogP contribution in [0.1, 0.15) is 18.1 Å². The van der Waals surface area contributed by atoms with Crippen LogP contribution in [0.2, 0.25) is 0 Å². The molecule has 112 valence electrons. The second-order valence-electron chi connectivity index (χ2n) is 4.60. The molecule has 0 fully saturated rings. The molecule has 21 heavy (non-hydrogen) atoms. The van der Waals surface area contributed by atoms with Crippen LogP contribution in [0.25, 0.3) is 0 Å². The number of rotatable bonds is 6. The molecule has 6 nitrogen and oxygen atoms in total. The Labute approximate surface area is 124 Å². The smallest absolute Gasteiger partial charge is 0.262 e. The Morgan fingerprint density at radius 2 is 1.90 bits per heavy atom. The summed E-state index contributed by atoms with van der Waals surface area (Å²) in [5.74, 6) is 0. The molecule has 0 aliphatic carbocycles. The van der Waals surface area contributed by atoms with Crippen LogP contribution >= 0.6 is 0 Å². The van der Waals surface area contributed by atoms with E-state index in [1.54, 1.807) is 12.1 Å². The minimum Gasteiger partial charge on any atom is -0.313 e. The highest BCUT2D eigenvalue weighted by Gasteiger charge is 2.15. The number of benzene rings is 1. The summed E-state index contributed by atoms with van der Waals surface area (Å²) < 4.78 is 27.2. The second kappa shape index (κ2) is 6.64. The second-order valence-corrected chi connectivity index (χ2v) is 6.28. The molecule has 1 heterocycles. The van der Waals surface area contributed by atoms with Gasteiger partial charge in [0.25, 0.3) is 10.0 Å². The lowest BCUT2D eigenvalue weighted by molar-refractivity contribution is 0.601. The van der Waals surface area contributed by atoms with Crippen molar-refractivity contribution in [3.05, 3.63) is 48.0 Å². The zero-order valence-electron chi connectivity index (χ0n) is 12.0. The third-order valence-electron chi connectivity index (χ3n) is 3.01. The average Bonchev–Trinajstić information content (AvgIpc) is 2.47. The maximum absolute atomic E-state index is 12.4. The molecule has 7 heteroatoms. The van der Waals surface area contributed by atoms with Crippen LogP contribution in [0, 0.1) is 6.92 Å². The number of aromatic nitrogens is 2. The van der Waals surface area contributed by atoms with E-state index in [0.717, 1.165) is 17.7 Å². The summed E-state index contributed by atoms with van der Waals surface area (Å²) >= 11 is 0. The summed E-state index contributed by atoms with van der Waals surface area (Å²) in [5, 5.41) is 3.20. The van der Waals surface area contributed by atoms with Crippen molar-refractivity contribution in [1.82, 2.24) is 15.3 Å². The van der Waals surface area contributed by atoms with Crippen LogP contribution < -0.4 is 10.0 Å². The summed E-state index contributed by atoms with van der Waals surface area (Å²) in [5.41, 5.74) is 2.35. The number of nitrogens with zero attached hydrogens (tertiary/aromatic N) is 2. The van der Waals surface area contributed by atoms with E-state index in [9.17, 15) is 8.42 Å². The largest absolute Gasteiger partial charge is 0.313 e. The Bertz CT molecular complexity index is 702. The van der Waals surface area contributed by atoms with Crippen LogP contribution in [0.4, 0.5) is 5.69 Å². The van der Waals surface area contributed by atoms with Crippen molar-refractivity contribution in [2.45, 2.75) is 25.3 Å². The van der Waals surface area contributed by atoms with E-state index in [0.29, 0.717) is 12.2 Å². The molecule has 0 saturated heterocycles. The zero-order chi connectivity index (χ0) is 15.3. The minimum absolute atomic E-state index is 0.227. The highest BCUT2D eigenvalue weighted by Crippen LogP contribution is 2.18. The van der Waals surface area contributed by atoms with Crippen molar-refractivity contribution in [1.29, 1.82) is 0 Å². The van der Waals surface area contributed by atoms with E-state index >= 15 is 0 Å². The zero-order valence-corrected chi connectivity index (χ0v) is 12.8. The number of hydrogen-bond donors (Lipinski definition) is 2.